The van der Waals surface area contributed by atoms with Gasteiger partial charge in [-0.3, -0.25) is 10.1 Å². The number of nitrogens with one attached hydrogen (secondary N) is 2. The van der Waals surface area contributed by atoms with E-state index < -0.39 is 0 Å². The summed E-state index contributed by atoms with van der Waals surface area (Å²) >= 11 is 14.7. The van der Waals surface area contributed by atoms with Crippen molar-refractivity contribution in [3.8, 4) is 0 Å². The van der Waals surface area contributed by atoms with Crippen LogP contribution < -0.4 is 15.5 Å². The van der Waals surface area contributed by atoms with Crippen molar-refractivity contribution in [1.82, 2.24) is 5.32 Å². The SMILES string of the molecule is O=C(NC(=S)Nc1cccc(N2CCCC2)c1)c1cc(Br)ccc1Cl. The maximum absolute atomic E-state index is 12.3. The molecule has 0 aliphatic carbocycles. The van der Waals surface area contributed by atoms with Crippen molar-refractivity contribution in [3.05, 3.63) is 57.5 Å². The molecule has 1 aliphatic rings. The van der Waals surface area contributed by atoms with E-state index in [0.29, 0.717) is 10.6 Å². The third-order valence-electron chi connectivity index (χ3n) is 3.98. The predicted molar refractivity (Wildman–Crippen MR) is 111 cm³/mol. The molecule has 0 aromatic heterocycles. The lowest BCUT2D eigenvalue weighted by atomic mass is 10.2. The van der Waals surface area contributed by atoms with Crippen LogP contribution in [0.4, 0.5) is 11.4 Å². The maximum atomic E-state index is 12.3. The zero-order valence-corrected chi connectivity index (χ0v) is 16.5. The van der Waals surface area contributed by atoms with Crippen LogP contribution in [0.15, 0.2) is 46.9 Å². The van der Waals surface area contributed by atoms with Gasteiger partial charge in [0.05, 0.1) is 10.6 Å². The molecule has 2 aromatic carbocycles. The largest absolute Gasteiger partial charge is 0.371 e. The minimum absolute atomic E-state index is 0.236. The van der Waals surface area contributed by atoms with Crippen molar-refractivity contribution in [2.24, 2.45) is 0 Å². The van der Waals surface area contributed by atoms with Crippen LogP contribution >= 0.6 is 39.7 Å². The Kier molecular flexibility index (Phi) is 5.93. The topological polar surface area (TPSA) is 44.4 Å². The Bertz CT molecular complexity index is 809. The number of rotatable bonds is 3. The third-order valence-corrected chi connectivity index (χ3v) is 5.00. The lowest BCUT2D eigenvalue weighted by molar-refractivity contribution is 0.0978. The van der Waals surface area contributed by atoms with Gasteiger partial charge in [-0.25, -0.2) is 0 Å². The van der Waals surface area contributed by atoms with Gasteiger partial charge in [0, 0.05) is 28.9 Å². The number of hydrogen-bond donors (Lipinski definition) is 2. The Morgan fingerprint density at radius 2 is 1.92 bits per heavy atom. The predicted octanol–water partition coefficient (Wildman–Crippen LogP) is 4.83. The molecular weight excluding hydrogens is 422 g/mol. The Labute approximate surface area is 165 Å². The van der Waals surface area contributed by atoms with Crippen LogP contribution in [-0.4, -0.2) is 24.1 Å². The zero-order valence-electron chi connectivity index (χ0n) is 13.4. The Hall–Kier alpha value is -1.63. The van der Waals surface area contributed by atoms with Crippen LogP contribution in [0.1, 0.15) is 23.2 Å². The van der Waals surface area contributed by atoms with E-state index in [2.05, 4.69) is 37.5 Å². The van der Waals surface area contributed by atoms with Crippen LogP contribution in [-0.2, 0) is 0 Å². The molecule has 0 atom stereocenters. The molecule has 0 unspecified atom stereocenters. The van der Waals surface area contributed by atoms with E-state index in [1.54, 1.807) is 18.2 Å². The first-order valence-electron chi connectivity index (χ1n) is 7.95. The summed E-state index contributed by atoms with van der Waals surface area (Å²) in [4.78, 5) is 14.7. The number of amides is 1. The molecule has 130 valence electrons. The van der Waals surface area contributed by atoms with Crippen LogP contribution in [0, 0.1) is 0 Å². The zero-order chi connectivity index (χ0) is 17.8. The van der Waals surface area contributed by atoms with Crippen molar-refractivity contribution < 1.29 is 4.79 Å². The molecule has 1 aliphatic heterocycles. The van der Waals surface area contributed by atoms with Gasteiger partial charge in [0.15, 0.2) is 5.11 Å². The highest BCUT2D eigenvalue weighted by Crippen LogP contribution is 2.24. The van der Waals surface area contributed by atoms with Gasteiger partial charge in [-0.15, -0.1) is 0 Å². The molecule has 1 heterocycles. The average Bonchev–Trinajstić information content (AvgIpc) is 3.11. The highest BCUT2D eigenvalue weighted by molar-refractivity contribution is 9.10. The number of hydrogen-bond acceptors (Lipinski definition) is 3. The first-order valence-corrected chi connectivity index (χ1v) is 9.53. The summed E-state index contributed by atoms with van der Waals surface area (Å²) in [5, 5.41) is 6.33. The Morgan fingerprint density at radius 1 is 1.16 bits per heavy atom. The number of carbonyl (C=O) groups excluding carboxylic acids is 1. The average molecular weight is 439 g/mol. The highest BCUT2D eigenvalue weighted by atomic mass is 79.9. The maximum Gasteiger partial charge on any atom is 0.258 e. The fourth-order valence-electron chi connectivity index (χ4n) is 2.76. The van der Waals surface area contributed by atoms with Crippen LogP contribution in [0.3, 0.4) is 0 Å². The van der Waals surface area contributed by atoms with Gasteiger partial charge in [0.2, 0.25) is 0 Å². The van der Waals surface area contributed by atoms with Crippen molar-refractivity contribution >= 4 is 62.1 Å². The van der Waals surface area contributed by atoms with E-state index in [0.717, 1.165) is 28.9 Å². The summed E-state index contributed by atoms with van der Waals surface area (Å²) < 4.78 is 0.777. The fourth-order valence-corrected chi connectivity index (χ4v) is 3.53. The van der Waals surface area contributed by atoms with Crippen molar-refractivity contribution in [2.45, 2.75) is 12.8 Å². The van der Waals surface area contributed by atoms with Gasteiger partial charge >= 0.3 is 0 Å². The van der Waals surface area contributed by atoms with Gasteiger partial charge in [-0.1, -0.05) is 33.6 Å². The van der Waals surface area contributed by atoms with Gasteiger partial charge in [0.25, 0.3) is 5.91 Å². The second-order valence-corrected chi connectivity index (χ2v) is 7.51. The molecule has 2 N–H and O–H groups in total. The summed E-state index contributed by atoms with van der Waals surface area (Å²) in [6.07, 6.45) is 2.44. The molecule has 0 saturated carbocycles. The Morgan fingerprint density at radius 3 is 2.68 bits per heavy atom. The summed E-state index contributed by atoms with van der Waals surface area (Å²) in [6.45, 7) is 2.15. The molecule has 7 heteroatoms. The molecule has 4 nitrogen and oxygen atoms in total. The molecule has 1 saturated heterocycles. The second-order valence-electron chi connectivity index (χ2n) is 5.78. The van der Waals surface area contributed by atoms with E-state index in [1.165, 1.54) is 12.8 Å². The molecule has 0 spiro atoms. The van der Waals surface area contributed by atoms with Crippen LogP contribution in [0.5, 0.6) is 0 Å². The number of halogens is 2. The number of nitrogens with zero attached hydrogens (tertiary/aromatic N) is 1. The number of benzene rings is 2. The lowest BCUT2D eigenvalue weighted by Gasteiger charge is -2.19. The first-order chi connectivity index (χ1) is 12.0. The summed E-state index contributed by atoms with van der Waals surface area (Å²) in [5.41, 5.74) is 2.37. The quantitative estimate of drug-likeness (QED) is 0.674. The van der Waals surface area contributed by atoms with Crippen LogP contribution in [0.2, 0.25) is 5.02 Å². The van der Waals surface area contributed by atoms with E-state index in [-0.39, 0.29) is 11.0 Å². The molecule has 0 bridgehead atoms. The van der Waals surface area contributed by atoms with Crippen molar-refractivity contribution in [3.63, 3.8) is 0 Å². The van der Waals surface area contributed by atoms with E-state index in [9.17, 15) is 4.79 Å². The Balaban J connectivity index is 1.65. The van der Waals surface area contributed by atoms with Crippen LogP contribution in [0.25, 0.3) is 0 Å². The van der Waals surface area contributed by atoms with E-state index in [1.807, 2.05) is 18.2 Å². The van der Waals surface area contributed by atoms with E-state index >= 15 is 0 Å². The fraction of sp³-hybridized carbons (Fsp3) is 0.222. The number of thiocarbonyl (C=S) groups is 1. The molecule has 0 radical (unpaired) electrons. The van der Waals surface area contributed by atoms with Gasteiger partial charge in [-0.05, 0) is 61.5 Å². The summed E-state index contributed by atoms with van der Waals surface area (Å²) in [7, 11) is 0. The third kappa shape index (κ3) is 4.71. The molecule has 3 rings (SSSR count). The number of anilines is 2. The van der Waals surface area contributed by atoms with Gasteiger partial charge in [-0.2, -0.15) is 0 Å². The first kappa shape index (κ1) is 18.2. The van der Waals surface area contributed by atoms with Gasteiger partial charge < -0.3 is 10.2 Å². The highest BCUT2D eigenvalue weighted by Gasteiger charge is 2.14. The van der Waals surface area contributed by atoms with E-state index in [4.69, 9.17) is 23.8 Å². The van der Waals surface area contributed by atoms with Crippen molar-refractivity contribution in [1.29, 1.82) is 0 Å². The van der Waals surface area contributed by atoms with Gasteiger partial charge in [0.1, 0.15) is 0 Å². The number of carbonyl (C=O) groups is 1. The molecule has 25 heavy (non-hydrogen) atoms. The summed E-state index contributed by atoms with van der Waals surface area (Å²) in [6, 6.07) is 13.1. The monoisotopic (exact) mass is 437 g/mol. The molecule has 2 aromatic rings. The summed E-state index contributed by atoms with van der Waals surface area (Å²) in [5.74, 6) is -0.348. The second kappa shape index (κ2) is 8.17. The lowest BCUT2D eigenvalue weighted by Crippen LogP contribution is -2.34. The molecule has 1 amide bonds. The molecular formula is C18H17BrClN3OS. The van der Waals surface area contributed by atoms with Crippen molar-refractivity contribution in [2.75, 3.05) is 23.3 Å². The minimum Gasteiger partial charge on any atom is -0.371 e. The standard InChI is InChI=1S/C18H17BrClN3OS/c19-12-6-7-16(20)15(10-12)17(24)22-18(25)21-13-4-3-5-14(11-13)23-8-1-2-9-23/h3-7,10-11H,1-2,8-9H2,(H2,21,22,24,25). The molecule has 1 fully saturated rings. The minimum atomic E-state index is -0.348. The smallest absolute Gasteiger partial charge is 0.258 e. The normalized spacial score (nSPS) is 13.6.